The molecule has 0 atom stereocenters. The Balaban J connectivity index is 3.15. The van der Waals surface area contributed by atoms with Crippen molar-refractivity contribution in [2.45, 2.75) is 46.6 Å². The fourth-order valence-corrected chi connectivity index (χ4v) is 2.58. The first-order valence-electron chi connectivity index (χ1n) is 6.79. The molecule has 0 saturated heterocycles. The highest BCUT2D eigenvalue weighted by molar-refractivity contribution is 9.10. The number of hydrogen-bond donors (Lipinski definition) is 2. The molecule has 108 valence electrons. The lowest BCUT2D eigenvalue weighted by molar-refractivity contribution is 0.502. The molecule has 0 radical (unpaired) electrons. The van der Waals surface area contributed by atoms with Gasteiger partial charge in [-0.3, -0.25) is 5.43 Å². The summed E-state index contributed by atoms with van der Waals surface area (Å²) in [6.45, 7) is 9.81. The van der Waals surface area contributed by atoms with Gasteiger partial charge in [-0.1, -0.05) is 27.7 Å². The summed E-state index contributed by atoms with van der Waals surface area (Å²) in [6, 6.07) is 0.472. The van der Waals surface area contributed by atoms with Crippen molar-refractivity contribution in [3.63, 3.8) is 0 Å². The molecule has 0 amide bonds. The third kappa shape index (κ3) is 4.31. The molecule has 1 aromatic heterocycles. The van der Waals surface area contributed by atoms with Gasteiger partial charge in [-0.05, 0) is 34.7 Å². The Morgan fingerprint density at radius 3 is 2.47 bits per heavy atom. The van der Waals surface area contributed by atoms with E-state index < -0.39 is 0 Å². The van der Waals surface area contributed by atoms with Crippen molar-refractivity contribution in [2.24, 2.45) is 11.8 Å². The van der Waals surface area contributed by atoms with Gasteiger partial charge >= 0.3 is 0 Å². The second-order valence-electron chi connectivity index (χ2n) is 5.03. The molecule has 5 nitrogen and oxygen atoms in total. The minimum absolute atomic E-state index is 0.443. The zero-order valence-corrected chi connectivity index (χ0v) is 13.7. The molecule has 19 heavy (non-hydrogen) atoms. The molecule has 0 aliphatic heterocycles. The van der Waals surface area contributed by atoms with E-state index in [0.29, 0.717) is 17.9 Å². The minimum atomic E-state index is 0.443. The van der Waals surface area contributed by atoms with Crippen molar-refractivity contribution >= 4 is 27.7 Å². The van der Waals surface area contributed by atoms with Crippen LogP contribution >= 0.6 is 15.9 Å². The van der Waals surface area contributed by atoms with E-state index in [0.717, 1.165) is 29.7 Å². The van der Waals surface area contributed by atoms with Gasteiger partial charge in [-0.25, -0.2) is 10.8 Å². The standard InChI is InChI=1S/C13H24BrN5/c1-5-10(6-2)19(8-9(3)4)12-11(14)7-16-13(17-12)18-15/h7,9-10H,5-6,8,15H2,1-4H3,(H,16,17,18). The predicted molar refractivity (Wildman–Crippen MR) is 84.1 cm³/mol. The lowest BCUT2D eigenvalue weighted by Gasteiger charge is -2.33. The van der Waals surface area contributed by atoms with Gasteiger partial charge < -0.3 is 4.90 Å². The molecule has 0 fully saturated rings. The number of aromatic nitrogens is 2. The third-order valence-corrected chi connectivity index (χ3v) is 3.63. The molecule has 0 saturated carbocycles. The van der Waals surface area contributed by atoms with Crippen LogP contribution in [0.1, 0.15) is 40.5 Å². The maximum atomic E-state index is 5.40. The van der Waals surface area contributed by atoms with Gasteiger partial charge in [0.25, 0.3) is 0 Å². The lowest BCUT2D eigenvalue weighted by atomic mass is 10.1. The quantitative estimate of drug-likeness (QED) is 0.594. The second kappa shape index (κ2) is 7.65. The summed E-state index contributed by atoms with van der Waals surface area (Å²) in [7, 11) is 0. The normalized spacial score (nSPS) is 11.2. The molecule has 0 bridgehead atoms. The highest BCUT2D eigenvalue weighted by Gasteiger charge is 2.21. The fraction of sp³-hybridized carbons (Fsp3) is 0.692. The van der Waals surface area contributed by atoms with E-state index in [-0.39, 0.29) is 0 Å². The highest BCUT2D eigenvalue weighted by Crippen LogP contribution is 2.28. The number of halogens is 1. The molecule has 0 spiro atoms. The largest absolute Gasteiger partial charge is 0.352 e. The number of nitrogens with zero attached hydrogens (tertiary/aromatic N) is 3. The number of anilines is 2. The van der Waals surface area contributed by atoms with Crippen LogP contribution in [0.3, 0.4) is 0 Å². The van der Waals surface area contributed by atoms with E-state index >= 15 is 0 Å². The molecule has 0 unspecified atom stereocenters. The van der Waals surface area contributed by atoms with Crippen molar-refractivity contribution < 1.29 is 0 Å². The van der Waals surface area contributed by atoms with Crippen molar-refractivity contribution in [3.05, 3.63) is 10.7 Å². The molecule has 1 aromatic rings. The summed E-state index contributed by atoms with van der Waals surface area (Å²) in [4.78, 5) is 10.9. The molecule has 6 heteroatoms. The van der Waals surface area contributed by atoms with Crippen LogP contribution in [-0.4, -0.2) is 22.6 Å². The van der Waals surface area contributed by atoms with Crippen molar-refractivity contribution in [1.82, 2.24) is 9.97 Å². The van der Waals surface area contributed by atoms with Gasteiger partial charge in [-0.2, -0.15) is 4.98 Å². The summed E-state index contributed by atoms with van der Waals surface area (Å²) in [5.41, 5.74) is 2.51. The van der Waals surface area contributed by atoms with E-state index in [2.05, 4.69) is 63.9 Å². The molecule has 0 aromatic carbocycles. The van der Waals surface area contributed by atoms with Crippen LogP contribution in [-0.2, 0) is 0 Å². The topological polar surface area (TPSA) is 67.1 Å². The number of nitrogens with one attached hydrogen (secondary N) is 1. The number of nitrogen functional groups attached to an aromatic ring is 1. The summed E-state index contributed by atoms with van der Waals surface area (Å²) < 4.78 is 0.902. The number of hydrazine groups is 1. The Hall–Kier alpha value is -0.880. The Morgan fingerprint density at radius 1 is 1.37 bits per heavy atom. The maximum Gasteiger partial charge on any atom is 0.239 e. The van der Waals surface area contributed by atoms with Crippen LogP contribution in [0.15, 0.2) is 10.7 Å². The third-order valence-electron chi connectivity index (χ3n) is 3.07. The number of hydrogen-bond acceptors (Lipinski definition) is 5. The van der Waals surface area contributed by atoms with Crippen LogP contribution in [0.25, 0.3) is 0 Å². The summed E-state index contributed by atoms with van der Waals surface area (Å²) >= 11 is 3.54. The van der Waals surface area contributed by atoms with Crippen LogP contribution in [0.4, 0.5) is 11.8 Å². The Morgan fingerprint density at radius 2 is 2.00 bits per heavy atom. The van der Waals surface area contributed by atoms with Crippen LogP contribution in [0.5, 0.6) is 0 Å². The van der Waals surface area contributed by atoms with Gasteiger partial charge in [0, 0.05) is 18.8 Å². The second-order valence-corrected chi connectivity index (χ2v) is 5.88. The van der Waals surface area contributed by atoms with E-state index in [1.165, 1.54) is 0 Å². The van der Waals surface area contributed by atoms with E-state index in [4.69, 9.17) is 5.84 Å². The highest BCUT2D eigenvalue weighted by atomic mass is 79.9. The van der Waals surface area contributed by atoms with Gasteiger partial charge in [0.1, 0.15) is 5.82 Å². The van der Waals surface area contributed by atoms with E-state index in [1.54, 1.807) is 6.20 Å². The Labute approximate surface area is 124 Å². The van der Waals surface area contributed by atoms with Crippen LogP contribution in [0, 0.1) is 5.92 Å². The van der Waals surface area contributed by atoms with Crippen molar-refractivity contribution in [3.8, 4) is 0 Å². The zero-order chi connectivity index (χ0) is 14.4. The van der Waals surface area contributed by atoms with E-state index in [1.807, 2.05) is 0 Å². The molecule has 0 aliphatic carbocycles. The average Bonchev–Trinajstić information content (AvgIpc) is 2.39. The number of rotatable bonds is 7. The monoisotopic (exact) mass is 329 g/mol. The maximum absolute atomic E-state index is 5.40. The summed E-state index contributed by atoms with van der Waals surface area (Å²) in [5.74, 6) is 7.32. The molecule has 1 rings (SSSR count). The first-order chi connectivity index (χ1) is 9.03. The van der Waals surface area contributed by atoms with Crippen molar-refractivity contribution in [1.29, 1.82) is 0 Å². The Kier molecular flexibility index (Phi) is 6.51. The van der Waals surface area contributed by atoms with Crippen molar-refractivity contribution in [2.75, 3.05) is 16.9 Å². The molecular weight excluding hydrogens is 306 g/mol. The first kappa shape index (κ1) is 16.2. The molecule has 0 aliphatic rings. The molecule has 3 N–H and O–H groups in total. The predicted octanol–water partition coefficient (Wildman–Crippen LogP) is 3.18. The SMILES string of the molecule is CCC(CC)N(CC(C)C)c1nc(NN)ncc1Br. The lowest BCUT2D eigenvalue weighted by Crippen LogP contribution is -2.38. The summed E-state index contributed by atoms with van der Waals surface area (Å²) in [6.07, 6.45) is 3.92. The molecular formula is C13H24BrN5. The average molecular weight is 330 g/mol. The first-order valence-corrected chi connectivity index (χ1v) is 7.58. The zero-order valence-electron chi connectivity index (χ0n) is 12.2. The fourth-order valence-electron chi connectivity index (χ4n) is 2.16. The van der Waals surface area contributed by atoms with Gasteiger partial charge in [0.05, 0.1) is 4.47 Å². The van der Waals surface area contributed by atoms with E-state index in [9.17, 15) is 0 Å². The van der Waals surface area contributed by atoms with Crippen LogP contribution < -0.4 is 16.2 Å². The Bertz CT molecular complexity index is 393. The minimum Gasteiger partial charge on any atom is -0.352 e. The van der Waals surface area contributed by atoms with Gasteiger partial charge in [0.15, 0.2) is 0 Å². The van der Waals surface area contributed by atoms with Gasteiger partial charge in [0.2, 0.25) is 5.95 Å². The smallest absolute Gasteiger partial charge is 0.239 e. The van der Waals surface area contributed by atoms with Gasteiger partial charge in [-0.15, -0.1) is 0 Å². The van der Waals surface area contributed by atoms with Crippen LogP contribution in [0.2, 0.25) is 0 Å². The molecule has 1 heterocycles. The number of nitrogens with two attached hydrogens (primary N) is 1. The summed E-state index contributed by atoms with van der Waals surface area (Å²) in [5, 5.41) is 0.